The van der Waals surface area contributed by atoms with Crippen LogP contribution in [0.15, 0.2) is 47.4 Å². The van der Waals surface area contributed by atoms with Crippen molar-refractivity contribution < 1.29 is 27.9 Å². The quantitative estimate of drug-likeness (QED) is 0.739. The van der Waals surface area contributed by atoms with Gasteiger partial charge in [-0.1, -0.05) is 18.2 Å². The fourth-order valence-electron chi connectivity index (χ4n) is 4.03. The van der Waals surface area contributed by atoms with Crippen LogP contribution in [0.4, 0.5) is 16.2 Å². The molecular weight excluding hydrogens is 432 g/mol. The van der Waals surface area contributed by atoms with Crippen LogP contribution in [0.25, 0.3) is 11.1 Å². The molecule has 1 heterocycles. The highest BCUT2D eigenvalue weighted by atomic mass is 32.2. The molecule has 0 radical (unpaired) electrons. The molecule has 4 rings (SSSR count). The SMILES string of the molecule is COC(=O)N1c2ccc(-c3ccc(S(=O)(=O)CCO)cc3)cc2N(C(=O)C2CC2)CC1C. The lowest BCUT2D eigenvalue weighted by molar-refractivity contribution is -0.119. The van der Waals surface area contributed by atoms with Crippen molar-refractivity contribution in [1.82, 2.24) is 0 Å². The second kappa shape index (κ2) is 8.55. The molecule has 1 unspecified atom stereocenters. The third-order valence-electron chi connectivity index (χ3n) is 5.88. The van der Waals surface area contributed by atoms with Gasteiger partial charge in [0.1, 0.15) is 0 Å². The predicted octanol–water partition coefficient (Wildman–Crippen LogP) is 2.84. The van der Waals surface area contributed by atoms with Crippen LogP contribution in [0, 0.1) is 5.92 Å². The molecule has 1 aliphatic carbocycles. The summed E-state index contributed by atoms with van der Waals surface area (Å²) < 4.78 is 29.3. The molecule has 0 spiro atoms. The first-order valence-electron chi connectivity index (χ1n) is 10.5. The van der Waals surface area contributed by atoms with E-state index in [4.69, 9.17) is 9.84 Å². The standard InChI is InChI=1S/C23H26N2O6S/c1-15-14-24(22(27)17-3-4-17)21-13-18(7-10-20(21)25(15)23(28)31-2)16-5-8-19(9-6-16)32(29,30)12-11-26/h5-10,13,15,17,26H,3-4,11-12,14H2,1-2H3. The van der Waals surface area contributed by atoms with Crippen molar-refractivity contribution in [1.29, 1.82) is 0 Å². The topological polar surface area (TPSA) is 104 Å². The number of aliphatic hydroxyl groups excluding tert-OH is 1. The van der Waals surface area contributed by atoms with E-state index in [2.05, 4.69) is 0 Å². The molecule has 2 amide bonds. The molecule has 9 heteroatoms. The minimum Gasteiger partial charge on any atom is -0.452 e. The average Bonchev–Trinajstić information content (AvgIpc) is 3.63. The van der Waals surface area contributed by atoms with Crippen molar-refractivity contribution in [2.75, 3.05) is 35.8 Å². The van der Waals surface area contributed by atoms with E-state index < -0.39 is 22.5 Å². The molecule has 0 aromatic heterocycles. The number of anilines is 2. The Balaban J connectivity index is 1.74. The molecule has 2 aliphatic rings. The van der Waals surface area contributed by atoms with E-state index in [0.29, 0.717) is 17.9 Å². The van der Waals surface area contributed by atoms with Gasteiger partial charge in [-0.15, -0.1) is 0 Å². The maximum Gasteiger partial charge on any atom is 0.414 e. The molecular formula is C23H26N2O6S. The van der Waals surface area contributed by atoms with E-state index in [1.54, 1.807) is 28.0 Å². The third kappa shape index (κ3) is 4.10. The van der Waals surface area contributed by atoms with Crippen molar-refractivity contribution in [2.24, 2.45) is 5.92 Å². The summed E-state index contributed by atoms with van der Waals surface area (Å²) in [5.74, 6) is -0.241. The smallest absolute Gasteiger partial charge is 0.414 e. The molecule has 0 bridgehead atoms. The number of hydrogen-bond acceptors (Lipinski definition) is 6. The van der Waals surface area contributed by atoms with Gasteiger partial charge >= 0.3 is 6.09 Å². The molecule has 2 aromatic rings. The third-order valence-corrected chi connectivity index (χ3v) is 7.59. The number of ether oxygens (including phenoxy) is 1. The summed E-state index contributed by atoms with van der Waals surface area (Å²) in [7, 11) is -2.20. The van der Waals surface area contributed by atoms with Gasteiger partial charge < -0.3 is 14.7 Å². The number of benzene rings is 2. The van der Waals surface area contributed by atoms with E-state index in [1.807, 2.05) is 19.1 Å². The maximum absolute atomic E-state index is 13.0. The molecule has 170 valence electrons. The van der Waals surface area contributed by atoms with E-state index in [-0.39, 0.29) is 28.5 Å². The summed E-state index contributed by atoms with van der Waals surface area (Å²) in [6.45, 7) is 1.82. The zero-order valence-electron chi connectivity index (χ0n) is 18.0. The Hall–Kier alpha value is -2.91. The Labute approximate surface area is 187 Å². The van der Waals surface area contributed by atoms with Gasteiger partial charge in [0, 0.05) is 12.5 Å². The number of sulfone groups is 1. The van der Waals surface area contributed by atoms with Crippen LogP contribution in [-0.4, -0.2) is 57.6 Å². The Morgan fingerprint density at radius 3 is 2.31 bits per heavy atom. The number of nitrogens with zero attached hydrogens (tertiary/aromatic N) is 2. The van der Waals surface area contributed by atoms with Gasteiger partial charge in [0.15, 0.2) is 9.84 Å². The number of methoxy groups -OCH3 is 1. The number of fused-ring (bicyclic) bond motifs is 1. The molecule has 2 aromatic carbocycles. The lowest BCUT2D eigenvalue weighted by Gasteiger charge is -2.40. The minimum absolute atomic E-state index is 0.0272. The van der Waals surface area contributed by atoms with Crippen molar-refractivity contribution in [2.45, 2.75) is 30.7 Å². The van der Waals surface area contributed by atoms with Gasteiger partial charge in [0.05, 0.1) is 41.8 Å². The largest absolute Gasteiger partial charge is 0.452 e. The van der Waals surface area contributed by atoms with Gasteiger partial charge in [-0.25, -0.2) is 13.2 Å². The normalized spacial score (nSPS) is 18.3. The molecule has 0 saturated heterocycles. The summed E-state index contributed by atoms with van der Waals surface area (Å²) in [5.41, 5.74) is 2.82. The molecule has 1 atom stereocenters. The second-order valence-corrected chi connectivity index (χ2v) is 10.3. The molecule has 1 saturated carbocycles. The van der Waals surface area contributed by atoms with E-state index >= 15 is 0 Å². The highest BCUT2D eigenvalue weighted by Crippen LogP contribution is 2.42. The van der Waals surface area contributed by atoms with Crippen LogP contribution in [0.2, 0.25) is 0 Å². The van der Waals surface area contributed by atoms with Crippen molar-refractivity contribution in [3.63, 3.8) is 0 Å². The maximum atomic E-state index is 13.0. The number of carbonyl (C=O) groups is 2. The highest BCUT2D eigenvalue weighted by molar-refractivity contribution is 7.91. The van der Waals surface area contributed by atoms with Crippen LogP contribution in [0.5, 0.6) is 0 Å². The Morgan fingerprint density at radius 1 is 1.06 bits per heavy atom. The van der Waals surface area contributed by atoms with Crippen molar-refractivity contribution in [3.05, 3.63) is 42.5 Å². The minimum atomic E-state index is -3.53. The molecule has 32 heavy (non-hydrogen) atoms. The second-order valence-electron chi connectivity index (χ2n) is 8.18. The summed E-state index contributed by atoms with van der Waals surface area (Å²) in [4.78, 5) is 28.9. The van der Waals surface area contributed by atoms with Gasteiger partial charge in [-0.05, 0) is 55.2 Å². The zero-order valence-corrected chi connectivity index (χ0v) is 18.8. The summed E-state index contributed by atoms with van der Waals surface area (Å²) in [5, 5.41) is 8.97. The van der Waals surface area contributed by atoms with Gasteiger partial charge in [0.25, 0.3) is 0 Å². The fourth-order valence-corrected chi connectivity index (χ4v) is 5.06. The van der Waals surface area contributed by atoms with Crippen LogP contribution in [0.3, 0.4) is 0 Å². The number of carbonyl (C=O) groups excluding carboxylic acids is 2. The average molecular weight is 459 g/mol. The number of aliphatic hydroxyl groups is 1. The molecule has 1 fully saturated rings. The Morgan fingerprint density at radius 2 is 1.72 bits per heavy atom. The first-order valence-corrected chi connectivity index (χ1v) is 12.2. The van der Waals surface area contributed by atoms with Crippen molar-refractivity contribution in [3.8, 4) is 11.1 Å². The first kappa shape index (κ1) is 22.3. The Bertz CT molecular complexity index is 1140. The lowest BCUT2D eigenvalue weighted by atomic mass is 10.0. The van der Waals surface area contributed by atoms with Crippen LogP contribution < -0.4 is 9.80 Å². The monoisotopic (exact) mass is 458 g/mol. The molecule has 1 N–H and O–H groups in total. The number of amides is 2. The summed E-state index contributed by atoms with van der Waals surface area (Å²) in [6, 6.07) is 11.7. The van der Waals surface area contributed by atoms with Crippen molar-refractivity contribution >= 4 is 33.2 Å². The number of hydrogen-bond donors (Lipinski definition) is 1. The van der Waals surface area contributed by atoms with E-state index in [1.165, 1.54) is 19.2 Å². The zero-order chi connectivity index (χ0) is 23.0. The van der Waals surface area contributed by atoms with Gasteiger partial charge in [-0.2, -0.15) is 0 Å². The van der Waals surface area contributed by atoms with Crippen LogP contribution >= 0.6 is 0 Å². The lowest BCUT2D eigenvalue weighted by Crippen LogP contribution is -2.52. The predicted molar refractivity (Wildman–Crippen MR) is 120 cm³/mol. The van der Waals surface area contributed by atoms with Crippen LogP contribution in [-0.2, 0) is 19.4 Å². The van der Waals surface area contributed by atoms with Crippen LogP contribution in [0.1, 0.15) is 19.8 Å². The molecule has 8 nitrogen and oxygen atoms in total. The van der Waals surface area contributed by atoms with Gasteiger partial charge in [0.2, 0.25) is 5.91 Å². The summed E-state index contributed by atoms with van der Waals surface area (Å²) >= 11 is 0. The first-order chi connectivity index (χ1) is 15.3. The highest BCUT2D eigenvalue weighted by Gasteiger charge is 2.40. The van der Waals surface area contributed by atoms with Gasteiger partial charge in [-0.3, -0.25) is 9.69 Å². The van der Waals surface area contributed by atoms with E-state index in [9.17, 15) is 18.0 Å². The van der Waals surface area contributed by atoms with E-state index in [0.717, 1.165) is 24.0 Å². The number of rotatable bonds is 5. The molecule has 1 aliphatic heterocycles. The summed E-state index contributed by atoms with van der Waals surface area (Å²) in [6.07, 6.45) is 1.27. The Kier molecular flexibility index (Phi) is 5.96. The fraction of sp³-hybridized carbons (Fsp3) is 0.391.